The third kappa shape index (κ3) is 13.0. The van der Waals surface area contributed by atoms with Crippen LogP contribution in [0.4, 0.5) is 0 Å². The van der Waals surface area contributed by atoms with E-state index in [0.717, 1.165) is 23.7 Å². The molecule has 0 heterocycles. The van der Waals surface area contributed by atoms with E-state index in [1.54, 1.807) is 12.8 Å². The Hall–Kier alpha value is 0. The summed E-state index contributed by atoms with van der Waals surface area (Å²) in [6.45, 7) is 9.59. The zero-order valence-corrected chi connectivity index (χ0v) is 19.7. The monoisotopic (exact) mass is 378 g/mol. The Kier molecular flexibility index (Phi) is 15.7. The molecule has 3 atom stereocenters. The van der Waals surface area contributed by atoms with Crippen molar-refractivity contribution >= 4 is 0 Å². The fourth-order valence-electron chi connectivity index (χ4n) is 5.37. The van der Waals surface area contributed by atoms with Gasteiger partial charge in [-0.05, 0) is 36.5 Å². The Labute approximate surface area is 173 Å². The lowest BCUT2D eigenvalue weighted by Crippen LogP contribution is -2.18. The molecule has 0 aromatic carbocycles. The van der Waals surface area contributed by atoms with Crippen LogP contribution in [-0.4, -0.2) is 0 Å². The summed E-state index contributed by atoms with van der Waals surface area (Å²) in [5.74, 6) is 4.13. The van der Waals surface area contributed by atoms with Crippen molar-refractivity contribution < 1.29 is 0 Å². The fourth-order valence-corrected chi connectivity index (χ4v) is 5.37. The van der Waals surface area contributed by atoms with E-state index in [9.17, 15) is 0 Å². The van der Waals surface area contributed by atoms with Crippen LogP contribution in [0.2, 0.25) is 0 Å². The van der Waals surface area contributed by atoms with E-state index < -0.39 is 0 Å². The standard InChI is InChI=1S/C27H54/c1-5-8-9-11-17-24(4)18-12-10-13-19-25(15-6-2)22-27(16-7-3)23-26-20-14-21-26/h24-27H,5-23H2,1-4H3. The fraction of sp³-hybridized carbons (Fsp3) is 1.00. The van der Waals surface area contributed by atoms with Gasteiger partial charge in [0.05, 0.1) is 0 Å². The summed E-state index contributed by atoms with van der Waals surface area (Å²) >= 11 is 0. The van der Waals surface area contributed by atoms with E-state index in [4.69, 9.17) is 0 Å². The first kappa shape index (κ1) is 25.0. The van der Waals surface area contributed by atoms with Gasteiger partial charge in [-0.1, -0.05) is 137 Å². The predicted molar refractivity (Wildman–Crippen MR) is 124 cm³/mol. The molecule has 0 radical (unpaired) electrons. The SMILES string of the molecule is CCCCCCC(C)CCCCCC(CCC)CC(CCC)CC1CCC1. The van der Waals surface area contributed by atoms with Crippen molar-refractivity contribution in [1.82, 2.24) is 0 Å². The number of hydrogen-bond donors (Lipinski definition) is 0. The molecule has 0 aromatic rings. The van der Waals surface area contributed by atoms with Gasteiger partial charge in [0.15, 0.2) is 0 Å². The Balaban J connectivity index is 2.15. The lowest BCUT2D eigenvalue weighted by Gasteiger charge is -2.31. The number of hydrogen-bond acceptors (Lipinski definition) is 0. The van der Waals surface area contributed by atoms with Gasteiger partial charge in [-0.25, -0.2) is 0 Å². The van der Waals surface area contributed by atoms with Crippen molar-refractivity contribution in [2.75, 3.05) is 0 Å². The predicted octanol–water partition coefficient (Wildman–Crippen LogP) is 9.96. The molecule has 0 spiro atoms. The molecule has 27 heavy (non-hydrogen) atoms. The molecule has 0 nitrogen and oxygen atoms in total. The summed E-state index contributed by atoms with van der Waals surface area (Å²) in [7, 11) is 0. The van der Waals surface area contributed by atoms with Crippen molar-refractivity contribution in [3.8, 4) is 0 Å². The molecular formula is C27H54. The molecule has 1 aliphatic rings. The van der Waals surface area contributed by atoms with Crippen LogP contribution in [0.5, 0.6) is 0 Å². The van der Waals surface area contributed by atoms with Gasteiger partial charge in [0, 0.05) is 0 Å². The first-order valence-corrected chi connectivity index (χ1v) is 13.2. The molecule has 0 amide bonds. The average molecular weight is 379 g/mol. The van der Waals surface area contributed by atoms with Crippen LogP contribution in [0.15, 0.2) is 0 Å². The van der Waals surface area contributed by atoms with Crippen LogP contribution in [0, 0.1) is 23.7 Å². The molecule has 1 aliphatic carbocycles. The van der Waals surface area contributed by atoms with Gasteiger partial charge in [0.2, 0.25) is 0 Å². The second-order valence-electron chi connectivity index (χ2n) is 10.2. The zero-order chi connectivity index (χ0) is 19.7. The molecule has 0 aliphatic heterocycles. The summed E-state index contributed by atoms with van der Waals surface area (Å²) in [5, 5.41) is 0. The van der Waals surface area contributed by atoms with Crippen LogP contribution in [-0.2, 0) is 0 Å². The van der Waals surface area contributed by atoms with E-state index >= 15 is 0 Å². The van der Waals surface area contributed by atoms with Gasteiger partial charge >= 0.3 is 0 Å². The third-order valence-electron chi connectivity index (χ3n) is 7.31. The molecule has 0 heteroatoms. The highest BCUT2D eigenvalue weighted by Crippen LogP contribution is 2.37. The minimum atomic E-state index is 0.963. The van der Waals surface area contributed by atoms with Gasteiger partial charge in [-0.2, -0.15) is 0 Å². The molecule has 162 valence electrons. The van der Waals surface area contributed by atoms with Gasteiger partial charge in [0.25, 0.3) is 0 Å². The minimum absolute atomic E-state index is 0.963. The molecule has 3 unspecified atom stereocenters. The van der Waals surface area contributed by atoms with Crippen LogP contribution in [0.25, 0.3) is 0 Å². The first-order valence-electron chi connectivity index (χ1n) is 13.2. The van der Waals surface area contributed by atoms with Gasteiger partial charge in [0.1, 0.15) is 0 Å². The summed E-state index contributed by atoms with van der Waals surface area (Å²) in [6, 6.07) is 0. The molecule has 0 N–H and O–H groups in total. The molecule has 0 saturated heterocycles. The first-order chi connectivity index (χ1) is 13.2. The maximum absolute atomic E-state index is 2.49. The second kappa shape index (κ2) is 16.9. The van der Waals surface area contributed by atoms with Crippen LogP contribution >= 0.6 is 0 Å². The summed E-state index contributed by atoms with van der Waals surface area (Å²) < 4.78 is 0. The third-order valence-corrected chi connectivity index (χ3v) is 7.31. The van der Waals surface area contributed by atoms with Gasteiger partial charge < -0.3 is 0 Å². The summed E-state index contributed by atoms with van der Waals surface area (Å²) in [6.07, 6.45) is 28.1. The Morgan fingerprint density at radius 1 is 0.630 bits per heavy atom. The Bertz CT molecular complexity index is 303. The largest absolute Gasteiger partial charge is 0.0654 e. The molecular weight excluding hydrogens is 324 g/mol. The molecule has 1 rings (SSSR count). The van der Waals surface area contributed by atoms with Crippen LogP contribution in [0.1, 0.15) is 150 Å². The topological polar surface area (TPSA) is 0 Å². The number of unbranched alkanes of at least 4 members (excludes halogenated alkanes) is 5. The van der Waals surface area contributed by atoms with Crippen LogP contribution in [0.3, 0.4) is 0 Å². The van der Waals surface area contributed by atoms with E-state index in [0.29, 0.717) is 0 Å². The van der Waals surface area contributed by atoms with E-state index in [1.807, 2.05) is 0 Å². The highest BCUT2D eigenvalue weighted by atomic mass is 14.3. The van der Waals surface area contributed by atoms with Crippen molar-refractivity contribution in [1.29, 1.82) is 0 Å². The summed E-state index contributed by atoms with van der Waals surface area (Å²) in [4.78, 5) is 0. The smallest absolute Gasteiger partial charge is 0.0409 e. The van der Waals surface area contributed by atoms with Crippen molar-refractivity contribution in [3.63, 3.8) is 0 Å². The van der Waals surface area contributed by atoms with Gasteiger partial charge in [-0.15, -0.1) is 0 Å². The normalized spacial score (nSPS) is 18.2. The zero-order valence-electron chi connectivity index (χ0n) is 19.7. The lowest BCUT2D eigenvalue weighted by molar-refractivity contribution is 0.208. The van der Waals surface area contributed by atoms with E-state index in [-0.39, 0.29) is 0 Å². The Morgan fingerprint density at radius 3 is 1.78 bits per heavy atom. The summed E-state index contributed by atoms with van der Waals surface area (Å²) in [5.41, 5.74) is 0. The highest BCUT2D eigenvalue weighted by molar-refractivity contribution is 4.76. The number of rotatable bonds is 19. The van der Waals surface area contributed by atoms with Crippen molar-refractivity contribution in [2.45, 2.75) is 150 Å². The van der Waals surface area contributed by atoms with E-state index in [2.05, 4.69) is 27.7 Å². The van der Waals surface area contributed by atoms with Crippen molar-refractivity contribution in [3.05, 3.63) is 0 Å². The lowest BCUT2D eigenvalue weighted by atomic mass is 9.74. The quantitative estimate of drug-likeness (QED) is 0.196. The minimum Gasteiger partial charge on any atom is -0.0654 e. The van der Waals surface area contributed by atoms with E-state index in [1.165, 1.54) is 109 Å². The molecule has 1 fully saturated rings. The molecule has 0 bridgehead atoms. The average Bonchev–Trinajstić information content (AvgIpc) is 2.61. The Morgan fingerprint density at radius 2 is 1.22 bits per heavy atom. The van der Waals surface area contributed by atoms with Crippen molar-refractivity contribution in [2.24, 2.45) is 23.7 Å². The molecule has 0 aromatic heterocycles. The maximum atomic E-state index is 2.49. The van der Waals surface area contributed by atoms with Gasteiger partial charge in [-0.3, -0.25) is 0 Å². The maximum Gasteiger partial charge on any atom is -0.0409 e. The highest BCUT2D eigenvalue weighted by Gasteiger charge is 2.23. The second-order valence-corrected chi connectivity index (χ2v) is 10.2. The van der Waals surface area contributed by atoms with Crippen LogP contribution < -0.4 is 0 Å². The molecule has 1 saturated carbocycles.